The predicted molar refractivity (Wildman–Crippen MR) is 88.1 cm³/mol. The Labute approximate surface area is 137 Å². The molecule has 1 aliphatic heterocycles. The average molecular weight is 323 g/mol. The van der Waals surface area contributed by atoms with Gasteiger partial charge in [-0.05, 0) is 43.5 Å². The fourth-order valence-corrected chi connectivity index (χ4v) is 2.74. The second kappa shape index (κ2) is 8.84. The molecule has 1 aromatic rings. The summed E-state index contributed by atoms with van der Waals surface area (Å²) in [5.74, 6) is -0.228. The molecule has 0 saturated carbocycles. The lowest BCUT2D eigenvalue weighted by Crippen LogP contribution is -2.48. The van der Waals surface area contributed by atoms with Gasteiger partial charge in [0, 0.05) is 32.2 Å². The number of rotatable bonds is 6. The van der Waals surface area contributed by atoms with E-state index in [2.05, 4.69) is 15.5 Å². The molecule has 1 saturated heterocycles. The number of hydrogen-bond donors (Lipinski definition) is 2. The molecule has 2 rings (SSSR count). The maximum Gasteiger partial charge on any atom is 0.315 e. The minimum Gasteiger partial charge on any atom is -0.379 e. The lowest BCUT2D eigenvalue weighted by Gasteiger charge is -2.29. The monoisotopic (exact) mass is 323 g/mol. The van der Waals surface area contributed by atoms with Crippen LogP contribution in [0.2, 0.25) is 0 Å². The molecule has 1 aliphatic rings. The summed E-state index contributed by atoms with van der Waals surface area (Å²) in [6.07, 6.45) is 0.692. The van der Waals surface area contributed by atoms with Gasteiger partial charge in [-0.25, -0.2) is 9.18 Å². The molecule has 0 unspecified atom stereocenters. The minimum absolute atomic E-state index is 0.0839. The number of nitrogens with one attached hydrogen (secondary N) is 2. The summed E-state index contributed by atoms with van der Waals surface area (Å²) in [7, 11) is 0. The Balaban J connectivity index is 1.66. The maximum absolute atomic E-state index is 13.0. The van der Waals surface area contributed by atoms with E-state index in [1.54, 1.807) is 6.07 Å². The van der Waals surface area contributed by atoms with Crippen molar-refractivity contribution >= 4 is 6.03 Å². The number of morpholine rings is 1. The number of hydrogen-bond acceptors (Lipinski definition) is 3. The Kier molecular flexibility index (Phi) is 6.80. The molecular formula is C17H26FN3O2. The molecule has 128 valence electrons. The van der Waals surface area contributed by atoms with Crippen molar-refractivity contribution in [1.82, 2.24) is 15.5 Å². The summed E-state index contributed by atoms with van der Waals surface area (Å²) in [5, 5.41) is 5.80. The van der Waals surface area contributed by atoms with Crippen LogP contribution in [0.5, 0.6) is 0 Å². The van der Waals surface area contributed by atoms with Crippen molar-refractivity contribution in [3.63, 3.8) is 0 Å². The van der Waals surface area contributed by atoms with E-state index in [1.165, 1.54) is 12.1 Å². The molecular weight excluding hydrogens is 297 g/mol. The van der Waals surface area contributed by atoms with Crippen molar-refractivity contribution in [3.05, 3.63) is 35.1 Å². The molecule has 0 radical (unpaired) electrons. The van der Waals surface area contributed by atoms with Gasteiger partial charge in [0.1, 0.15) is 5.82 Å². The standard InChI is InChI=1S/C17H26FN3O2/c1-13-11-16(18)4-3-15(13)5-6-19-17(22)20-14(2)12-21-7-9-23-10-8-21/h3-4,11,14H,5-10,12H2,1-2H3,(H2,19,20,22)/t14-/m1/s1. The first-order chi connectivity index (χ1) is 11.0. The highest BCUT2D eigenvalue weighted by Gasteiger charge is 2.15. The summed E-state index contributed by atoms with van der Waals surface area (Å²) in [5.41, 5.74) is 1.96. The summed E-state index contributed by atoms with van der Waals surface area (Å²) in [6.45, 7) is 8.58. The third-order valence-electron chi connectivity index (χ3n) is 4.00. The molecule has 0 aromatic heterocycles. The number of benzene rings is 1. The molecule has 0 aliphatic carbocycles. The summed E-state index contributed by atoms with van der Waals surface area (Å²) in [4.78, 5) is 14.2. The van der Waals surface area contributed by atoms with E-state index in [1.807, 2.05) is 13.8 Å². The van der Waals surface area contributed by atoms with Crippen LogP contribution in [0.1, 0.15) is 18.1 Å². The molecule has 23 heavy (non-hydrogen) atoms. The van der Waals surface area contributed by atoms with Gasteiger partial charge < -0.3 is 15.4 Å². The molecule has 2 N–H and O–H groups in total. The highest BCUT2D eigenvalue weighted by atomic mass is 19.1. The quantitative estimate of drug-likeness (QED) is 0.838. The smallest absolute Gasteiger partial charge is 0.315 e. The molecule has 6 heteroatoms. The normalized spacial score (nSPS) is 16.8. The van der Waals surface area contributed by atoms with E-state index >= 15 is 0 Å². The molecule has 1 fully saturated rings. The highest BCUT2D eigenvalue weighted by Crippen LogP contribution is 2.10. The van der Waals surface area contributed by atoms with Crippen LogP contribution in [0, 0.1) is 12.7 Å². The van der Waals surface area contributed by atoms with Gasteiger partial charge in [-0.2, -0.15) is 0 Å². The van der Waals surface area contributed by atoms with E-state index in [-0.39, 0.29) is 17.9 Å². The Hall–Kier alpha value is -1.66. The Morgan fingerprint density at radius 3 is 2.83 bits per heavy atom. The average Bonchev–Trinajstić information content (AvgIpc) is 2.50. The van der Waals surface area contributed by atoms with Crippen LogP contribution in [-0.2, 0) is 11.2 Å². The van der Waals surface area contributed by atoms with Gasteiger partial charge >= 0.3 is 6.03 Å². The number of ether oxygens (including phenoxy) is 1. The zero-order chi connectivity index (χ0) is 16.7. The first-order valence-corrected chi connectivity index (χ1v) is 8.14. The SMILES string of the molecule is Cc1cc(F)ccc1CCNC(=O)N[C@H](C)CN1CCOCC1. The van der Waals surface area contributed by atoms with Crippen LogP contribution in [0.3, 0.4) is 0 Å². The van der Waals surface area contributed by atoms with E-state index in [4.69, 9.17) is 4.74 Å². The minimum atomic E-state index is -0.228. The number of carbonyl (C=O) groups is 1. The van der Waals surface area contributed by atoms with Crippen molar-refractivity contribution < 1.29 is 13.9 Å². The fraction of sp³-hybridized carbons (Fsp3) is 0.588. The zero-order valence-corrected chi connectivity index (χ0v) is 13.9. The number of carbonyl (C=O) groups excluding carboxylic acids is 1. The zero-order valence-electron chi connectivity index (χ0n) is 13.9. The van der Waals surface area contributed by atoms with E-state index in [0.717, 1.165) is 44.0 Å². The second-order valence-corrected chi connectivity index (χ2v) is 6.04. The van der Waals surface area contributed by atoms with Crippen molar-refractivity contribution in [3.8, 4) is 0 Å². The van der Waals surface area contributed by atoms with Gasteiger partial charge in [0.05, 0.1) is 13.2 Å². The van der Waals surface area contributed by atoms with Crippen LogP contribution in [-0.4, -0.2) is 56.4 Å². The van der Waals surface area contributed by atoms with Gasteiger partial charge in [0.15, 0.2) is 0 Å². The van der Waals surface area contributed by atoms with Crippen molar-refractivity contribution in [1.29, 1.82) is 0 Å². The Bertz CT molecular complexity index is 519. The molecule has 1 aromatic carbocycles. The number of urea groups is 1. The molecule has 5 nitrogen and oxygen atoms in total. The summed E-state index contributed by atoms with van der Waals surface area (Å²) < 4.78 is 18.4. The maximum atomic E-state index is 13.0. The fourth-order valence-electron chi connectivity index (χ4n) is 2.74. The Morgan fingerprint density at radius 2 is 2.13 bits per heavy atom. The first kappa shape index (κ1) is 17.7. The molecule has 0 spiro atoms. The highest BCUT2D eigenvalue weighted by molar-refractivity contribution is 5.74. The molecule has 2 amide bonds. The Morgan fingerprint density at radius 1 is 1.39 bits per heavy atom. The van der Waals surface area contributed by atoms with Crippen molar-refractivity contribution in [2.24, 2.45) is 0 Å². The lowest BCUT2D eigenvalue weighted by atomic mass is 10.1. The molecule has 0 bridgehead atoms. The number of amides is 2. The van der Waals surface area contributed by atoms with E-state index in [9.17, 15) is 9.18 Å². The van der Waals surface area contributed by atoms with Crippen molar-refractivity contribution in [2.75, 3.05) is 39.4 Å². The van der Waals surface area contributed by atoms with Gasteiger partial charge in [-0.15, -0.1) is 0 Å². The van der Waals surface area contributed by atoms with E-state index in [0.29, 0.717) is 13.0 Å². The van der Waals surface area contributed by atoms with Crippen LogP contribution in [0.4, 0.5) is 9.18 Å². The number of aryl methyl sites for hydroxylation is 1. The first-order valence-electron chi connectivity index (χ1n) is 8.14. The summed E-state index contributed by atoms with van der Waals surface area (Å²) in [6, 6.07) is 4.66. The summed E-state index contributed by atoms with van der Waals surface area (Å²) >= 11 is 0. The largest absolute Gasteiger partial charge is 0.379 e. The van der Waals surface area contributed by atoms with E-state index < -0.39 is 0 Å². The van der Waals surface area contributed by atoms with Crippen LogP contribution in [0.15, 0.2) is 18.2 Å². The lowest BCUT2D eigenvalue weighted by molar-refractivity contribution is 0.0349. The van der Waals surface area contributed by atoms with Gasteiger partial charge in [-0.1, -0.05) is 6.07 Å². The van der Waals surface area contributed by atoms with Gasteiger partial charge in [0.2, 0.25) is 0 Å². The number of nitrogens with zero attached hydrogens (tertiary/aromatic N) is 1. The van der Waals surface area contributed by atoms with Crippen LogP contribution in [0.25, 0.3) is 0 Å². The van der Waals surface area contributed by atoms with Gasteiger partial charge in [-0.3, -0.25) is 4.90 Å². The van der Waals surface area contributed by atoms with Crippen molar-refractivity contribution in [2.45, 2.75) is 26.3 Å². The van der Waals surface area contributed by atoms with Crippen LogP contribution >= 0.6 is 0 Å². The van der Waals surface area contributed by atoms with Gasteiger partial charge in [0.25, 0.3) is 0 Å². The number of halogens is 1. The predicted octanol–water partition coefficient (Wildman–Crippen LogP) is 1.70. The molecule has 1 atom stereocenters. The second-order valence-electron chi connectivity index (χ2n) is 6.04. The third kappa shape index (κ3) is 6.15. The topological polar surface area (TPSA) is 53.6 Å². The molecule has 1 heterocycles. The van der Waals surface area contributed by atoms with Crippen LogP contribution < -0.4 is 10.6 Å². The third-order valence-corrected chi connectivity index (χ3v) is 4.00.